The van der Waals surface area contributed by atoms with Crippen LogP contribution < -0.4 is 0 Å². The highest BCUT2D eigenvalue weighted by Gasteiger charge is 2.12. The van der Waals surface area contributed by atoms with Gasteiger partial charge in [-0.05, 0) is 42.8 Å². The number of nitrogens with zero attached hydrogens (tertiary/aromatic N) is 4. The highest BCUT2D eigenvalue weighted by atomic mass is 16.5. The summed E-state index contributed by atoms with van der Waals surface area (Å²) in [5.74, 6) is 1.05. The monoisotopic (exact) mass is 276 g/mol. The summed E-state index contributed by atoms with van der Waals surface area (Å²) in [5, 5.41) is 12.9. The molecule has 0 bridgehead atoms. The molecular formula is C16H12N4O. The summed E-state index contributed by atoms with van der Waals surface area (Å²) >= 11 is 0. The Balaban J connectivity index is 1.87. The molecule has 21 heavy (non-hydrogen) atoms. The number of hydrogen-bond acceptors (Lipinski definition) is 5. The molecule has 5 heteroatoms. The molecule has 5 nitrogen and oxygen atoms in total. The van der Waals surface area contributed by atoms with Gasteiger partial charge in [0.15, 0.2) is 5.82 Å². The Kier molecular flexibility index (Phi) is 3.44. The van der Waals surface area contributed by atoms with Gasteiger partial charge in [-0.25, -0.2) is 0 Å². The largest absolute Gasteiger partial charge is 0.334 e. The van der Waals surface area contributed by atoms with Crippen molar-refractivity contribution in [3.05, 3.63) is 65.2 Å². The average molecular weight is 276 g/mol. The molecule has 0 atom stereocenters. The number of rotatable bonds is 3. The van der Waals surface area contributed by atoms with Gasteiger partial charge in [0.05, 0.1) is 18.1 Å². The molecule has 0 fully saturated rings. The maximum Gasteiger partial charge on any atom is 0.258 e. The molecule has 0 spiro atoms. The highest BCUT2D eigenvalue weighted by Crippen LogP contribution is 2.22. The SMILES string of the molecule is Cc1cc(C#N)ccc1-c1nc(Cc2ccccn2)no1. The van der Waals surface area contributed by atoms with Gasteiger partial charge in [0.1, 0.15) is 0 Å². The zero-order chi connectivity index (χ0) is 14.7. The summed E-state index contributed by atoms with van der Waals surface area (Å²) < 4.78 is 5.31. The van der Waals surface area contributed by atoms with E-state index in [0.29, 0.717) is 23.7 Å². The second-order valence-corrected chi connectivity index (χ2v) is 4.66. The first-order chi connectivity index (χ1) is 10.3. The number of nitriles is 1. The fraction of sp³-hybridized carbons (Fsp3) is 0.125. The predicted molar refractivity (Wildman–Crippen MR) is 76.2 cm³/mol. The lowest BCUT2D eigenvalue weighted by atomic mass is 10.1. The van der Waals surface area contributed by atoms with Gasteiger partial charge in [-0.2, -0.15) is 10.2 Å². The molecule has 0 radical (unpaired) electrons. The smallest absolute Gasteiger partial charge is 0.258 e. The van der Waals surface area contributed by atoms with Crippen LogP contribution in [-0.2, 0) is 6.42 Å². The minimum atomic E-state index is 0.461. The summed E-state index contributed by atoms with van der Waals surface area (Å²) in [4.78, 5) is 8.63. The van der Waals surface area contributed by atoms with Crippen LogP contribution in [-0.4, -0.2) is 15.1 Å². The summed E-state index contributed by atoms with van der Waals surface area (Å²) in [6.07, 6.45) is 2.26. The van der Waals surface area contributed by atoms with Gasteiger partial charge < -0.3 is 4.52 Å². The Hall–Kier alpha value is -3.00. The first-order valence-electron chi connectivity index (χ1n) is 6.50. The van der Waals surface area contributed by atoms with E-state index < -0.39 is 0 Å². The number of pyridine rings is 1. The Morgan fingerprint density at radius 3 is 2.86 bits per heavy atom. The first-order valence-corrected chi connectivity index (χ1v) is 6.50. The van der Waals surface area contributed by atoms with E-state index in [4.69, 9.17) is 9.78 Å². The van der Waals surface area contributed by atoms with Crippen LogP contribution in [0.15, 0.2) is 47.1 Å². The molecule has 0 aliphatic rings. The van der Waals surface area contributed by atoms with E-state index in [1.807, 2.05) is 31.2 Å². The van der Waals surface area contributed by atoms with E-state index in [0.717, 1.165) is 16.8 Å². The Bertz CT molecular complexity index is 803. The highest BCUT2D eigenvalue weighted by molar-refractivity contribution is 5.60. The van der Waals surface area contributed by atoms with Gasteiger partial charge >= 0.3 is 0 Å². The van der Waals surface area contributed by atoms with Crippen molar-refractivity contribution in [1.82, 2.24) is 15.1 Å². The van der Waals surface area contributed by atoms with Crippen molar-refractivity contribution in [1.29, 1.82) is 5.26 Å². The van der Waals surface area contributed by atoms with Crippen LogP contribution in [0.2, 0.25) is 0 Å². The maximum absolute atomic E-state index is 8.88. The van der Waals surface area contributed by atoms with Gasteiger partial charge in [-0.3, -0.25) is 4.98 Å². The fourth-order valence-electron chi connectivity index (χ4n) is 2.07. The number of hydrogen-bond donors (Lipinski definition) is 0. The molecule has 2 heterocycles. The first kappa shape index (κ1) is 13.0. The quantitative estimate of drug-likeness (QED) is 0.735. The molecule has 0 unspecified atom stereocenters. The Labute approximate surface area is 121 Å². The van der Waals surface area contributed by atoms with Crippen LogP contribution in [0.1, 0.15) is 22.6 Å². The van der Waals surface area contributed by atoms with Crippen LogP contribution >= 0.6 is 0 Å². The zero-order valence-electron chi connectivity index (χ0n) is 11.4. The van der Waals surface area contributed by atoms with Crippen molar-refractivity contribution in [2.24, 2.45) is 0 Å². The van der Waals surface area contributed by atoms with Crippen LogP contribution in [0.3, 0.4) is 0 Å². The normalized spacial score (nSPS) is 10.3. The van der Waals surface area contributed by atoms with Crippen molar-refractivity contribution < 1.29 is 4.52 Å². The second-order valence-electron chi connectivity index (χ2n) is 4.66. The Morgan fingerprint density at radius 2 is 2.14 bits per heavy atom. The predicted octanol–water partition coefficient (Wildman–Crippen LogP) is 2.90. The van der Waals surface area contributed by atoms with Gasteiger partial charge in [0, 0.05) is 17.5 Å². The fourth-order valence-corrected chi connectivity index (χ4v) is 2.07. The molecule has 0 aliphatic heterocycles. The number of aryl methyl sites for hydroxylation is 1. The molecular weight excluding hydrogens is 264 g/mol. The number of aromatic nitrogens is 3. The van der Waals surface area contributed by atoms with Crippen molar-refractivity contribution in [2.75, 3.05) is 0 Å². The van der Waals surface area contributed by atoms with Crippen LogP contribution in [0.5, 0.6) is 0 Å². The van der Waals surface area contributed by atoms with Gasteiger partial charge in [-0.1, -0.05) is 11.2 Å². The van der Waals surface area contributed by atoms with E-state index in [1.165, 1.54) is 0 Å². The molecule has 0 amide bonds. The summed E-state index contributed by atoms with van der Waals surface area (Å²) in [7, 11) is 0. The molecule has 102 valence electrons. The van der Waals surface area contributed by atoms with Crippen LogP contribution in [0.25, 0.3) is 11.5 Å². The van der Waals surface area contributed by atoms with E-state index in [-0.39, 0.29) is 0 Å². The zero-order valence-corrected chi connectivity index (χ0v) is 11.4. The van der Waals surface area contributed by atoms with Gasteiger partial charge in [-0.15, -0.1) is 0 Å². The topological polar surface area (TPSA) is 75.6 Å². The van der Waals surface area contributed by atoms with Crippen molar-refractivity contribution in [2.45, 2.75) is 13.3 Å². The lowest BCUT2D eigenvalue weighted by Crippen LogP contribution is -1.93. The molecule has 3 aromatic rings. The number of benzene rings is 1. The second kappa shape index (κ2) is 5.55. The molecule has 2 aromatic heterocycles. The van der Waals surface area contributed by atoms with Gasteiger partial charge in [0.2, 0.25) is 0 Å². The average Bonchev–Trinajstić information content (AvgIpc) is 2.96. The summed E-state index contributed by atoms with van der Waals surface area (Å²) in [5.41, 5.74) is 3.28. The summed E-state index contributed by atoms with van der Waals surface area (Å²) in [6.45, 7) is 1.92. The molecule has 1 aromatic carbocycles. The lowest BCUT2D eigenvalue weighted by molar-refractivity contribution is 0.423. The third-order valence-electron chi connectivity index (χ3n) is 3.12. The third kappa shape index (κ3) is 2.79. The Morgan fingerprint density at radius 1 is 1.24 bits per heavy atom. The minimum Gasteiger partial charge on any atom is -0.334 e. The molecule has 0 N–H and O–H groups in total. The molecule has 0 aliphatic carbocycles. The summed E-state index contributed by atoms with van der Waals surface area (Å²) in [6, 6.07) is 13.2. The minimum absolute atomic E-state index is 0.461. The maximum atomic E-state index is 8.88. The third-order valence-corrected chi connectivity index (χ3v) is 3.12. The van der Waals surface area contributed by atoms with Crippen molar-refractivity contribution >= 4 is 0 Å². The van der Waals surface area contributed by atoms with Crippen molar-refractivity contribution in [3.8, 4) is 17.5 Å². The molecule has 0 saturated carbocycles. The van der Waals surface area contributed by atoms with Crippen molar-refractivity contribution in [3.63, 3.8) is 0 Å². The van der Waals surface area contributed by atoms with E-state index in [9.17, 15) is 0 Å². The van der Waals surface area contributed by atoms with E-state index in [2.05, 4.69) is 21.2 Å². The lowest BCUT2D eigenvalue weighted by Gasteiger charge is -2.00. The van der Waals surface area contributed by atoms with E-state index in [1.54, 1.807) is 18.3 Å². The van der Waals surface area contributed by atoms with E-state index >= 15 is 0 Å². The molecule has 3 rings (SSSR count). The van der Waals surface area contributed by atoms with Crippen LogP contribution in [0.4, 0.5) is 0 Å². The molecule has 0 saturated heterocycles. The van der Waals surface area contributed by atoms with Crippen LogP contribution in [0, 0.1) is 18.3 Å². The van der Waals surface area contributed by atoms with Gasteiger partial charge in [0.25, 0.3) is 5.89 Å². The standard InChI is InChI=1S/C16H12N4O/c1-11-8-12(10-17)5-6-14(11)16-19-15(20-21-16)9-13-4-2-3-7-18-13/h2-8H,9H2,1H3.